The summed E-state index contributed by atoms with van der Waals surface area (Å²) in [5.41, 5.74) is 0. The number of esters is 3. The van der Waals surface area contributed by atoms with E-state index in [9.17, 15) is 14.4 Å². The first-order valence-electron chi connectivity index (χ1n) is 30.2. The van der Waals surface area contributed by atoms with Gasteiger partial charge in [0, 0.05) is 19.3 Å². The number of carbonyl (C=O) groups excluding carboxylic acids is 3. The van der Waals surface area contributed by atoms with Gasteiger partial charge < -0.3 is 28.6 Å². The molecule has 0 aromatic rings. The van der Waals surface area contributed by atoms with Crippen molar-refractivity contribution in [2.75, 3.05) is 33.9 Å². The lowest BCUT2D eigenvalue weighted by Crippen LogP contribution is -2.42. The summed E-state index contributed by atoms with van der Waals surface area (Å²) in [6.45, 7) is 7.78. The Balaban J connectivity index is 2.75. The van der Waals surface area contributed by atoms with Gasteiger partial charge in [0.05, 0.1) is 6.61 Å². The largest absolute Gasteiger partial charge is 0.463 e. The van der Waals surface area contributed by atoms with Gasteiger partial charge in [-0.15, -0.1) is 0 Å². The highest BCUT2D eigenvalue weighted by Crippen LogP contribution is 2.30. The number of ether oxygens (including phenoxy) is 5. The van der Waals surface area contributed by atoms with Gasteiger partial charge in [-0.25, -0.2) is 0 Å². The molecular formula is C64H111NO8. The Morgan fingerprint density at radius 3 is 1.14 bits per heavy atom. The molecule has 4 atom stereocenters. The molecule has 1 aliphatic rings. The summed E-state index contributed by atoms with van der Waals surface area (Å²) in [7, 11) is 4.01. The molecule has 0 aromatic carbocycles. The normalized spacial score (nSPS) is 17.3. The summed E-state index contributed by atoms with van der Waals surface area (Å²) in [6.07, 6.45) is 61.4. The van der Waals surface area contributed by atoms with Crippen LogP contribution in [-0.4, -0.2) is 81.3 Å². The van der Waals surface area contributed by atoms with Crippen molar-refractivity contribution in [3.63, 3.8) is 0 Å². The van der Waals surface area contributed by atoms with Gasteiger partial charge in [-0.3, -0.25) is 14.4 Å². The molecule has 73 heavy (non-hydrogen) atoms. The van der Waals surface area contributed by atoms with Gasteiger partial charge in [0.1, 0.15) is 12.7 Å². The summed E-state index contributed by atoms with van der Waals surface area (Å²) >= 11 is 0. The third-order valence-corrected chi connectivity index (χ3v) is 13.2. The second-order valence-electron chi connectivity index (χ2n) is 20.6. The third-order valence-electron chi connectivity index (χ3n) is 13.2. The van der Waals surface area contributed by atoms with E-state index in [2.05, 4.69) is 98.6 Å². The van der Waals surface area contributed by atoms with Crippen LogP contribution >= 0.6 is 0 Å². The van der Waals surface area contributed by atoms with Crippen molar-refractivity contribution in [3.05, 3.63) is 72.9 Å². The van der Waals surface area contributed by atoms with Gasteiger partial charge in [-0.05, 0) is 143 Å². The summed E-state index contributed by atoms with van der Waals surface area (Å²) < 4.78 is 30.6. The molecule has 1 saturated heterocycles. The van der Waals surface area contributed by atoms with E-state index in [1.807, 2.05) is 14.1 Å². The van der Waals surface area contributed by atoms with Gasteiger partial charge >= 0.3 is 17.9 Å². The highest BCUT2D eigenvalue weighted by Gasteiger charge is 2.50. The van der Waals surface area contributed by atoms with E-state index in [1.54, 1.807) is 0 Å². The van der Waals surface area contributed by atoms with Crippen molar-refractivity contribution in [1.29, 1.82) is 0 Å². The Kier molecular flexibility index (Phi) is 48.4. The molecule has 1 fully saturated rings. The van der Waals surface area contributed by atoms with Crippen LogP contribution in [0.15, 0.2) is 72.9 Å². The molecule has 9 nitrogen and oxygen atoms in total. The van der Waals surface area contributed by atoms with Crippen molar-refractivity contribution >= 4 is 17.9 Å². The molecule has 0 bridgehead atoms. The number of allylic oxidation sites excluding steroid dienone is 12. The number of carbonyl (C=O) groups is 3. The summed E-state index contributed by atoms with van der Waals surface area (Å²) in [5.74, 6) is -1.05. The SMILES string of the molecule is CCCCC/C=C\C/C=C\CCCCCCCC(=O)OC[C@H]1O[C@@H](OCCCN(C)C)[C@H](OC(=O)CCCCCCC/C=C\C/C=C\CCCCC)[C@@H]1OC(=O)CCCCCCC/C=C\C/C=C\CCCCC. The smallest absolute Gasteiger partial charge is 0.306 e. The van der Waals surface area contributed by atoms with Gasteiger partial charge in [0.15, 0.2) is 18.5 Å². The van der Waals surface area contributed by atoms with Crippen LogP contribution in [0.25, 0.3) is 0 Å². The molecule has 9 heteroatoms. The van der Waals surface area contributed by atoms with Crippen LogP contribution in [0.5, 0.6) is 0 Å². The molecule has 0 N–H and O–H groups in total. The van der Waals surface area contributed by atoms with E-state index in [0.29, 0.717) is 25.9 Å². The zero-order chi connectivity index (χ0) is 52.9. The molecular weight excluding hydrogens is 911 g/mol. The number of unbranched alkanes of at least 4 members (excludes halogenated alkanes) is 24. The zero-order valence-corrected chi connectivity index (χ0v) is 47.7. The van der Waals surface area contributed by atoms with Gasteiger partial charge in [0.2, 0.25) is 0 Å². The molecule has 0 radical (unpaired) electrons. The molecule has 0 aromatic heterocycles. The van der Waals surface area contributed by atoms with Gasteiger partial charge in [-0.1, -0.05) is 190 Å². The molecule has 1 heterocycles. The fourth-order valence-electron chi connectivity index (χ4n) is 8.72. The first kappa shape index (κ1) is 67.7. The van der Waals surface area contributed by atoms with Crippen molar-refractivity contribution in [2.45, 2.75) is 283 Å². The number of nitrogens with zero attached hydrogens (tertiary/aromatic N) is 1. The van der Waals surface area contributed by atoms with Crippen LogP contribution in [0, 0.1) is 0 Å². The molecule has 420 valence electrons. The molecule has 0 aliphatic carbocycles. The molecule has 1 aliphatic heterocycles. The fraction of sp³-hybridized carbons (Fsp3) is 0.766. The van der Waals surface area contributed by atoms with E-state index in [4.69, 9.17) is 23.7 Å². The molecule has 0 spiro atoms. The Hall–Kier alpha value is -3.27. The Labute approximate surface area is 448 Å². The Morgan fingerprint density at radius 1 is 0.411 bits per heavy atom. The fourth-order valence-corrected chi connectivity index (χ4v) is 8.72. The number of hydrogen-bond acceptors (Lipinski definition) is 9. The standard InChI is InChI=1S/C64H111NO8/c1-6-9-12-15-18-21-24-27-30-33-36-39-42-45-48-52-59(66)70-57-58-62(72-60(67)53-49-46-43-40-37-34-31-28-25-22-19-16-13-10-7-2)63(64(71-58)69-56-51-55-65(4)5)73-61(68)54-50-47-44-41-38-35-32-29-26-23-20-17-14-11-8-3/h18-23,27-32,58,62-64H,6-17,24-26,33-57H2,1-5H3/b21-18-,22-19-,23-20-,30-27-,31-28-,32-29-/t58-,62-,63-,64-/m1/s1. The Morgan fingerprint density at radius 2 is 0.753 bits per heavy atom. The van der Waals surface area contributed by atoms with Crippen LogP contribution < -0.4 is 0 Å². The quantitative estimate of drug-likeness (QED) is 0.0255. The molecule has 0 unspecified atom stereocenters. The van der Waals surface area contributed by atoms with E-state index in [0.717, 1.165) is 135 Å². The van der Waals surface area contributed by atoms with Crippen LogP contribution in [0.1, 0.15) is 258 Å². The first-order chi connectivity index (χ1) is 35.8. The summed E-state index contributed by atoms with van der Waals surface area (Å²) in [4.78, 5) is 42.1. The molecule has 0 amide bonds. The number of rotatable bonds is 51. The van der Waals surface area contributed by atoms with Crippen molar-refractivity contribution < 1.29 is 38.1 Å². The average Bonchev–Trinajstić information content (AvgIpc) is 3.69. The van der Waals surface area contributed by atoms with Gasteiger partial charge in [-0.2, -0.15) is 0 Å². The maximum absolute atomic E-state index is 13.5. The first-order valence-corrected chi connectivity index (χ1v) is 30.2. The average molecular weight is 1020 g/mol. The van der Waals surface area contributed by atoms with E-state index >= 15 is 0 Å². The highest BCUT2D eigenvalue weighted by molar-refractivity contribution is 5.71. The predicted octanol–water partition coefficient (Wildman–Crippen LogP) is 17.5. The van der Waals surface area contributed by atoms with Gasteiger partial charge in [0.25, 0.3) is 0 Å². The highest BCUT2D eigenvalue weighted by atomic mass is 16.7. The minimum atomic E-state index is -0.969. The monoisotopic (exact) mass is 1020 g/mol. The van der Waals surface area contributed by atoms with Crippen LogP contribution in [0.3, 0.4) is 0 Å². The van der Waals surface area contributed by atoms with Crippen LogP contribution in [-0.2, 0) is 38.1 Å². The Bertz CT molecular complexity index is 1460. The summed E-state index contributed by atoms with van der Waals surface area (Å²) in [5, 5.41) is 0. The lowest BCUT2D eigenvalue weighted by molar-refractivity contribution is -0.192. The van der Waals surface area contributed by atoms with Crippen molar-refractivity contribution in [2.24, 2.45) is 0 Å². The maximum atomic E-state index is 13.5. The van der Waals surface area contributed by atoms with E-state index < -0.39 is 24.6 Å². The lowest BCUT2D eigenvalue weighted by Gasteiger charge is -2.24. The van der Waals surface area contributed by atoms with Crippen molar-refractivity contribution in [1.82, 2.24) is 4.90 Å². The topological polar surface area (TPSA) is 101 Å². The zero-order valence-electron chi connectivity index (χ0n) is 47.7. The molecule has 0 saturated carbocycles. The number of hydrogen-bond donors (Lipinski definition) is 0. The van der Waals surface area contributed by atoms with Crippen LogP contribution in [0.2, 0.25) is 0 Å². The van der Waals surface area contributed by atoms with E-state index in [-0.39, 0.29) is 37.4 Å². The maximum Gasteiger partial charge on any atom is 0.306 e. The summed E-state index contributed by atoms with van der Waals surface area (Å²) in [6, 6.07) is 0. The third kappa shape index (κ3) is 43.7. The second kappa shape index (κ2) is 52.2. The van der Waals surface area contributed by atoms with Crippen LogP contribution in [0.4, 0.5) is 0 Å². The minimum absolute atomic E-state index is 0.114. The van der Waals surface area contributed by atoms with E-state index in [1.165, 1.54) is 77.0 Å². The van der Waals surface area contributed by atoms with Crippen molar-refractivity contribution in [3.8, 4) is 0 Å². The molecule has 1 rings (SSSR count). The predicted molar refractivity (Wildman–Crippen MR) is 307 cm³/mol. The minimum Gasteiger partial charge on any atom is -0.463 e. The second-order valence-corrected chi connectivity index (χ2v) is 20.6. The lowest BCUT2D eigenvalue weighted by atomic mass is 10.1.